The number of piperidine rings is 1. The SMILES string of the molecule is CC(=O)C=C1CC(C)(C)NC(C)(C)C1. The molecule has 0 spiro atoms. The second-order valence-corrected chi connectivity index (χ2v) is 5.66. The summed E-state index contributed by atoms with van der Waals surface area (Å²) in [6.07, 6.45) is 3.73. The highest BCUT2D eigenvalue weighted by Crippen LogP contribution is 2.32. The lowest BCUT2D eigenvalue weighted by Gasteiger charge is -2.43. The van der Waals surface area contributed by atoms with E-state index in [0.29, 0.717) is 0 Å². The van der Waals surface area contributed by atoms with E-state index in [1.807, 2.05) is 0 Å². The molecule has 1 fully saturated rings. The second kappa shape index (κ2) is 3.50. The highest BCUT2D eigenvalue weighted by Gasteiger charge is 2.34. The molecular formula is C12H21NO. The van der Waals surface area contributed by atoms with Gasteiger partial charge in [-0.05, 0) is 53.5 Å². The predicted molar refractivity (Wildman–Crippen MR) is 59.3 cm³/mol. The van der Waals surface area contributed by atoms with Gasteiger partial charge in [-0.25, -0.2) is 0 Å². The molecule has 1 saturated heterocycles. The van der Waals surface area contributed by atoms with E-state index in [-0.39, 0.29) is 16.9 Å². The van der Waals surface area contributed by atoms with Crippen molar-refractivity contribution in [1.82, 2.24) is 5.32 Å². The smallest absolute Gasteiger partial charge is 0.152 e. The van der Waals surface area contributed by atoms with Crippen LogP contribution in [0.2, 0.25) is 0 Å². The molecule has 0 atom stereocenters. The predicted octanol–water partition coefficient (Wildman–Crippen LogP) is 2.44. The lowest BCUT2D eigenvalue weighted by molar-refractivity contribution is -0.112. The molecule has 1 heterocycles. The molecule has 0 saturated carbocycles. The highest BCUT2D eigenvalue weighted by atomic mass is 16.1. The van der Waals surface area contributed by atoms with Crippen LogP contribution in [-0.2, 0) is 4.79 Å². The zero-order valence-electron chi connectivity index (χ0n) is 9.90. The molecule has 0 aromatic rings. The Morgan fingerprint density at radius 1 is 1.21 bits per heavy atom. The lowest BCUT2D eigenvalue weighted by Crippen LogP contribution is -2.55. The quantitative estimate of drug-likeness (QED) is 0.651. The van der Waals surface area contributed by atoms with Crippen LogP contribution in [-0.4, -0.2) is 16.9 Å². The molecule has 80 valence electrons. The van der Waals surface area contributed by atoms with Gasteiger partial charge in [0.25, 0.3) is 0 Å². The third kappa shape index (κ3) is 3.26. The lowest BCUT2D eigenvalue weighted by atomic mass is 9.79. The molecule has 0 radical (unpaired) electrons. The summed E-state index contributed by atoms with van der Waals surface area (Å²) < 4.78 is 0. The summed E-state index contributed by atoms with van der Waals surface area (Å²) >= 11 is 0. The van der Waals surface area contributed by atoms with Crippen molar-refractivity contribution in [2.75, 3.05) is 0 Å². The van der Waals surface area contributed by atoms with Gasteiger partial charge < -0.3 is 5.32 Å². The summed E-state index contributed by atoms with van der Waals surface area (Å²) in [6, 6.07) is 0. The Bertz CT molecular complexity index is 256. The van der Waals surface area contributed by atoms with Crippen LogP contribution >= 0.6 is 0 Å². The number of hydrogen-bond acceptors (Lipinski definition) is 2. The fourth-order valence-electron chi connectivity index (χ4n) is 2.59. The summed E-state index contributed by atoms with van der Waals surface area (Å²) in [5.41, 5.74) is 1.47. The molecule has 0 aliphatic carbocycles. The number of nitrogens with one attached hydrogen (secondary N) is 1. The van der Waals surface area contributed by atoms with Crippen LogP contribution in [0.25, 0.3) is 0 Å². The number of carbonyl (C=O) groups is 1. The molecule has 0 aromatic carbocycles. The van der Waals surface area contributed by atoms with E-state index < -0.39 is 0 Å². The second-order valence-electron chi connectivity index (χ2n) is 5.66. The van der Waals surface area contributed by atoms with E-state index in [2.05, 4.69) is 33.0 Å². The van der Waals surface area contributed by atoms with Gasteiger partial charge in [0.15, 0.2) is 5.78 Å². The maximum Gasteiger partial charge on any atom is 0.152 e. The number of rotatable bonds is 1. The Morgan fingerprint density at radius 3 is 2.00 bits per heavy atom. The summed E-state index contributed by atoms with van der Waals surface area (Å²) in [5, 5.41) is 3.58. The molecule has 1 rings (SSSR count). The first-order valence-electron chi connectivity index (χ1n) is 5.20. The average Bonchev–Trinajstić information content (AvgIpc) is 1.74. The molecule has 1 N–H and O–H groups in total. The van der Waals surface area contributed by atoms with Crippen molar-refractivity contribution in [3.05, 3.63) is 11.6 Å². The van der Waals surface area contributed by atoms with Crippen LogP contribution in [0.1, 0.15) is 47.5 Å². The third-order valence-corrected chi connectivity index (χ3v) is 2.42. The van der Waals surface area contributed by atoms with Crippen LogP contribution in [0.15, 0.2) is 11.6 Å². The summed E-state index contributed by atoms with van der Waals surface area (Å²) in [5.74, 6) is 0.161. The van der Waals surface area contributed by atoms with Gasteiger partial charge in [-0.1, -0.05) is 5.57 Å². The minimum absolute atomic E-state index is 0.100. The molecule has 1 aliphatic heterocycles. The molecule has 0 aromatic heterocycles. The van der Waals surface area contributed by atoms with E-state index in [1.165, 1.54) is 5.57 Å². The Balaban J connectivity index is 2.87. The molecule has 0 unspecified atom stereocenters. The first-order chi connectivity index (χ1) is 6.20. The molecule has 1 aliphatic rings. The summed E-state index contributed by atoms with van der Waals surface area (Å²) in [6.45, 7) is 10.3. The van der Waals surface area contributed by atoms with E-state index in [0.717, 1.165) is 12.8 Å². The topological polar surface area (TPSA) is 29.1 Å². The average molecular weight is 195 g/mol. The van der Waals surface area contributed by atoms with Crippen molar-refractivity contribution in [2.45, 2.75) is 58.5 Å². The number of ketones is 1. The van der Waals surface area contributed by atoms with Crippen molar-refractivity contribution in [1.29, 1.82) is 0 Å². The van der Waals surface area contributed by atoms with Crippen molar-refractivity contribution >= 4 is 5.78 Å². The van der Waals surface area contributed by atoms with Crippen molar-refractivity contribution in [2.24, 2.45) is 0 Å². The van der Waals surface area contributed by atoms with Gasteiger partial charge in [0.05, 0.1) is 0 Å². The van der Waals surface area contributed by atoms with E-state index >= 15 is 0 Å². The Labute approximate surface area is 86.8 Å². The van der Waals surface area contributed by atoms with Gasteiger partial charge in [-0.2, -0.15) is 0 Å². The Kier molecular flexibility index (Phi) is 2.86. The summed E-state index contributed by atoms with van der Waals surface area (Å²) in [4.78, 5) is 11.0. The zero-order chi connectivity index (χ0) is 11.0. The maximum atomic E-state index is 11.0. The van der Waals surface area contributed by atoms with Gasteiger partial charge in [-0.3, -0.25) is 4.79 Å². The largest absolute Gasteiger partial charge is 0.306 e. The molecule has 0 amide bonds. The molecule has 2 heteroatoms. The van der Waals surface area contributed by atoms with Crippen molar-refractivity contribution in [3.8, 4) is 0 Å². The normalized spacial score (nSPS) is 24.5. The Hall–Kier alpha value is -0.630. The van der Waals surface area contributed by atoms with Gasteiger partial charge in [0, 0.05) is 11.1 Å². The standard InChI is InChI=1S/C12H21NO/c1-9(14)6-10-7-11(2,3)13-12(4,5)8-10/h6,13H,7-8H2,1-5H3. The van der Waals surface area contributed by atoms with Gasteiger partial charge in [-0.15, -0.1) is 0 Å². The number of carbonyl (C=O) groups excluding carboxylic acids is 1. The van der Waals surface area contributed by atoms with E-state index in [1.54, 1.807) is 13.0 Å². The maximum absolute atomic E-state index is 11.0. The van der Waals surface area contributed by atoms with Gasteiger partial charge in [0.2, 0.25) is 0 Å². The van der Waals surface area contributed by atoms with E-state index in [9.17, 15) is 4.79 Å². The molecule has 2 nitrogen and oxygen atoms in total. The monoisotopic (exact) mass is 195 g/mol. The van der Waals surface area contributed by atoms with Crippen LogP contribution in [0.5, 0.6) is 0 Å². The minimum Gasteiger partial charge on any atom is -0.306 e. The fraction of sp³-hybridized carbons (Fsp3) is 0.750. The fourth-order valence-corrected chi connectivity index (χ4v) is 2.59. The Morgan fingerprint density at radius 2 is 1.64 bits per heavy atom. The molecule has 0 bridgehead atoms. The molecule has 14 heavy (non-hydrogen) atoms. The third-order valence-electron chi connectivity index (χ3n) is 2.42. The van der Waals surface area contributed by atoms with Gasteiger partial charge >= 0.3 is 0 Å². The first-order valence-corrected chi connectivity index (χ1v) is 5.20. The minimum atomic E-state index is 0.100. The van der Waals surface area contributed by atoms with Crippen LogP contribution in [0.4, 0.5) is 0 Å². The van der Waals surface area contributed by atoms with Gasteiger partial charge in [0.1, 0.15) is 0 Å². The summed E-state index contributed by atoms with van der Waals surface area (Å²) in [7, 11) is 0. The van der Waals surface area contributed by atoms with Crippen molar-refractivity contribution in [3.63, 3.8) is 0 Å². The first kappa shape index (κ1) is 11.4. The zero-order valence-corrected chi connectivity index (χ0v) is 9.90. The van der Waals surface area contributed by atoms with Crippen LogP contribution < -0.4 is 5.32 Å². The number of hydrogen-bond donors (Lipinski definition) is 1. The van der Waals surface area contributed by atoms with Crippen LogP contribution in [0, 0.1) is 0 Å². The van der Waals surface area contributed by atoms with E-state index in [4.69, 9.17) is 0 Å². The van der Waals surface area contributed by atoms with Crippen LogP contribution in [0.3, 0.4) is 0 Å². The highest BCUT2D eigenvalue weighted by molar-refractivity contribution is 5.88. The number of allylic oxidation sites excluding steroid dienone is 1. The molecular weight excluding hydrogens is 174 g/mol. The van der Waals surface area contributed by atoms with Crippen molar-refractivity contribution < 1.29 is 4.79 Å².